The zero-order valence-corrected chi connectivity index (χ0v) is 9.19. The Kier molecular flexibility index (Phi) is 3.28. The Morgan fingerprint density at radius 1 is 1.53 bits per heavy atom. The first kappa shape index (κ1) is 12.3. The molecular formula is C5H3BrF3NO4S. The van der Waals surface area contributed by atoms with Crippen LogP contribution >= 0.6 is 15.9 Å². The molecule has 0 aliphatic rings. The van der Waals surface area contributed by atoms with Crippen molar-refractivity contribution in [2.24, 2.45) is 0 Å². The normalized spacial score (nSPS) is 12.8. The number of alkyl halides is 4. The minimum atomic E-state index is -5.68. The van der Waals surface area contributed by atoms with Gasteiger partial charge in [-0.3, -0.25) is 0 Å². The molecule has 0 fully saturated rings. The van der Waals surface area contributed by atoms with Gasteiger partial charge in [0.05, 0.1) is 5.33 Å². The maximum atomic E-state index is 11.8. The summed E-state index contributed by atoms with van der Waals surface area (Å²) in [7, 11) is -5.68. The number of hydrogen-bond acceptors (Lipinski definition) is 5. The molecule has 10 heteroatoms. The highest BCUT2D eigenvalue weighted by atomic mass is 79.9. The van der Waals surface area contributed by atoms with E-state index in [-0.39, 0.29) is 11.2 Å². The second-order valence-corrected chi connectivity index (χ2v) is 4.29. The van der Waals surface area contributed by atoms with Crippen LogP contribution in [0.5, 0.6) is 5.88 Å². The quantitative estimate of drug-likeness (QED) is 0.484. The van der Waals surface area contributed by atoms with Crippen molar-refractivity contribution < 1.29 is 30.2 Å². The predicted octanol–water partition coefficient (Wildman–Crippen LogP) is 1.80. The standard InChI is InChI=1S/C5H3BrF3NO4S/c6-1-3-10-4(2-13-3)14-15(11,12)5(7,8)9/h2H,1H2. The molecule has 5 nitrogen and oxygen atoms in total. The van der Waals surface area contributed by atoms with Crippen LogP contribution in [0.2, 0.25) is 0 Å². The zero-order chi connectivity index (χ0) is 11.7. The zero-order valence-electron chi connectivity index (χ0n) is 6.78. The van der Waals surface area contributed by atoms with Crippen LogP contribution < -0.4 is 4.18 Å². The first-order valence-electron chi connectivity index (χ1n) is 3.27. The van der Waals surface area contributed by atoms with Gasteiger partial charge in [0, 0.05) is 0 Å². The summed E-state index contributed by atoms with van der Waals surface area (Å²) in [5.41, 5.74) is -5.49. The molecule has 0 unspecified atom stereocenters. The molecule has 1 aromatic heterocycles. The maximum Gasteiger partial charge on any atom is 0.534 e. The van der Waals surface area contributed by atoms with Crippen molar-refractivity contribution in [1.82, 2.24) is 4.98 Å². The monoisotopic (exact) mass is 309 g/mol. The maximum absolute atomic E-state index is 11.8. The summed E-state index contributed by atoms with van der Waals surface area (Å²) in [5.74, 6) is -0.760. The van der Waals surface area contributed by atoms with Crippen molar-refractivity contribution >= 4 is 26.0 Å². The topological polar surface area (TPSA) is 69.4 Å². The molecule has 0 spiro atoms. The van der Waals surface area contributed by atoms with Crippen LogP contribution in [0.3, 0.4) is 0 Å². The third-order valence-electron chi connectivity index (χ3n) is 1.12. The molecule has 0 atom stereocenters. The lowest BCUT2D eigenvalue weighted by atomic mass is 10.8. The van der Waals surface area contributed by atoms with E-state index in [1.165, 1.54) is 0 Å². The van der Waals surface area contributed by atoms with Gasteiger partial charge in [0.2, 0.25) is 5.89 Å². The molecule has 0 saturated carbocycles. The van der Waals surface area contributed by atoms with Crippen molar-refractivity contribution in [3.8, 4) is 5.88 Å². The highest BCUT2D eigenvalue weighted by molar-refractivity contribution is 9.08. The SMILES string of the molecule is O=S(=O)(Oc1coc(CBr)n1)C(F)(F)F. The summed E-state index contributed by atoms with van der Waals surface area (Å²) in [6.45, 7) is 0. The third-order valence-corrected chi connectivity index (χ3v) is 2.56. The summed E-state index contributed by atoms with van der Waals surface area (Å²) in [6.07, 6.45) is 0.667. The van der Waals surface area contributed by atoms with Crippen molar-refractivity contribution in [2.45, 2.75) is 10.8 Å². The Hall–Kier alpha value is -0.770. The minimum absolute atomic E-state index is 0.00220. The molecule has 0 aromatic carbocycles. The molecule has 0 aliphatic carbocycles. The molecule has 1 aromatic rings. The van der Waals surface area contributed by atoms with E-state index in [0.717, 1.165) is 0 Å². The van der Waals surface area contributed by atoms with E-state index in [4.69, 9.17) is 0 Å². The van der Waals surface area contributed by atoms with Gasteiger partial charge >= 0.3 is 15.6 Å². The number of nitrogens with zero attached hydrogens (tertiary/aromatic N) is 1. The van der Waals surface area contributed by atoms with E-state index in [9.17, 15) is 21.6 Å². The predicted molar refractivity (Wildman–Crippen MR) is 44.7 cm³/mol. The fourth-order valence-corrected chi connectivity index (χ4v) is 1.21. The fourth-order valence-electron chi connectivity index (χ4n) is 0.553. The van der Waals surface area contributed by atoms with Crippen molar-refractivity contribution in [3.05, 3.63) is 12.2 Å². The van der Waals surface area contributed by atoms with Crippen LogP contribution in [0.15, 0.2) is 10.7 Å². The third kappa shape index (κ3) is 2.84. The Labute approximate surface area is 90.5 Å². The van der Waals surface area contributed by atoms with E-state index in [2.05, 4.69) is 29.5 Å². The van der Waals surface area contributed by atoms with Crippen LogP contribution in [0, 0.1) is 0 Å². The Bertz CT molecular complexity index is 439. The van der Waals surface area contributed by atoms with Gasteiger partial charge in [-0.25, -0.2) is 0 Å². The van der Waals surface area contributed by atoms with Crippen molar-refractivity contribution in [1.29, 1.82) is 0 Å². The van der Waals surface area contributed by atoms with Gasteiger partial charge in [-0.15, -0.1) is 0 Å². The second kappa shape index (κ2) is 4.00. The van der Waals surface area contributed by atoms with E-state index in [1.807, 2.05) is 0 Å². The number of oxazole rings is 1. The highest BCUT2D eigenvalue weighted by Gasteiger charge is 2.49. The van der Waals surface area contributed by atoms with Crippen molar-refractivity contribution in [2.75, 3.05) is 0 Å². The van der Waals surface area contributed by atoms with Gasteiger partial charge < -0.3 is 8.60 Å². The smallest absolute Gasteiger partial charge is 0.444 e. The number of aromatic nitrogens is 1. The summed E-state index contributed by atoms with van der Waals surface area (Å²) >= 11 is 2.91. The summed E-state index contributed by atoms with van der Waals surface area (Å²) < 4.78 is 64.7. The molecule has 1 rings (SSSR count). The number of halogens is 4. The first-order valence-corrected chi connectivity index (χ1v) is 5.80. The molecule has 0 amide bonds. The lowest BCUT2D eigenvalue weighted by molar-refractivity contribution is -0.0501. The van der Waals surface area contributed by atoms with Crippen LogP contribution in [-0.4, -0.2) is 18.9 Å². The van der Waals surface area contributed by atoms with Gasteiger partial charge in [-0.1, -0.05) is 15.9 Å². The molecule has 15 heavy (non-hydrogen) atoms. The van der Waals surface area contributed by atoms with E-state index in [0.29, 0.717) is 6.26 Å². The van der Waals surface area contributed by atoms with Crippen LogP contribution in [0.25, 0.3) is 0 Å². The Morgan fingerprint density at radius 3 is 2.53 bits per heavy atom. The Balaban J connectivity index is 2.87. The molecule has 0 radical (unpaired) electrons. The molecule has 1 heterocycles. The number of rotatable bonds is 3. The van der Waals surface area contributed by atoms with Crippen LogP contribution in [-0.2, 0) is 15.4 Å². The van der Waals surface area contributed by atoms with E-state index >= 15 is 0 Å². The van der Waals surface area contributed by atoms with Gasteiger partial charge in [-0.2, -0.15) is 26.6 Å². The first-order chi connectivity index (χ1) is 6.76. The lowest BCUT2D eigenvalue weighted by Crippen LogP contribution is -2.28. The molecule has 0 saturated heterocycles. The Morgan fingerprint density at radius 2 is 2.13 bits per heavy atom. The molecule has 0 aliphatic heterocycles. The minimum Gasteiger partial charge on any atom is -0.444 e. The molecule has 0 bridgehead atoms. The van der Waals surface area contributed by atoms with E-state index < -0.39 is 21.5 Å². The second-order valence-electron chi connectivity index (χ2n) is 2.20. The highest BCUT2D eigenvalue weighted by Crippen LogP contribution is 2.26. The number of hydrogen-bond donors (Lipinski definition) is 0. The van der Waals surface area contributed by atoms with Gasteiger partial charge in [0.1, 0.15) is 0 Å². The fraction of sp³-hybridized carbons (Fsp3) is 0.400. The molecule has 86 valence electrons. The van der Waals surface area contributed by atoms with Crippen LogP contribution in [0.4, 0.5) is 13.2 Å². The van der Waals surface area contributed by atoms with Crippen LogP contribution in [0.1, 0.15) is 5.89 Å². The summed E-state index contributed by atoms with van der Waals surface area (Å²) in [4.78, 5) is 3.31. The summed E-state index contributed by atoms with van der Waals surface area (Å²) in [5, 5.41) is 0.127. The molecule has 0 N–H and O–H groups in total. The molecular weight excluding hydrogens is 307 g/mol. The van der Waals surface area contributed by atoms with E-state index in [1.54, 1.807) is 0 Å². The van der Waals surface area contributed by atoms with Gasteiger partial charge in [0.15, 0.2) is 6.26 Å². The average molecular weight is 310 g/mol. The van der Waals surface area contributed by atoms with Crippen molar-refractivity contribution in [3.63, 3.8) is 0 Å². The van der Waals surface area contributed by atoms with Gasteiger partial charge in [0.25, 0.3) is 5.88 Å². The average Bonchev–Trinajstić information content (AvgIpc) is 2.49. The largest absolute Gasteiger partial charge is 0.534 e. The lowest BCUT2D eigenvalue weighted by Gasteiger charge is -2.05. The summed E-state index contributed by atoms with van der Waals surface area (Å²) in [6, 6.07) is 0. The van der Waals surface area contributed by atoms with Gasteiger partial charge in [-0.05, 0) is 0 Å².